The minimum Gasteiger partial charge on any atom is -0.454 e. The summed E-state index contributed by atoms with van der Waals surface area (Å²) in [4.78, 5) is 0. The summed E-state index contributed by atoms with van der Waals surface area (Å²) >= 11 is 0. The molecule has 1 atom stereocenters. The highest BCUT2D eigenvalue weighted by atomic mass is 16.7. The van der Waals surface area contributed by atoms with Crippen molar-refractivity contribution < 1.29 is 9.47 Å². The molecule has 4 nitrogen and oxygen atoms in total. The van der Waals surface area contributed by atoms with E-state index in [2.05, 4.69) is 29.7 Å². The molecule has 0 aliphatic carbocycles. The van der Waals surface area contributed by atoms with E-state index in [1.807, 2.05) is 0 Å². The van der Waals surface area contributed by atoms with Crippen LogP contribution in [0.25, 0.3) is 0 Å². The van der Waals surface area contributed by atoms with Gasteiger partial charge in [-0.25, -0.2) is 0 Å². The highest BCUT2D eigenvalue weighted by molar-refractivity contribution is 5.48. The van der Waals surface area contributed by atoms with Crippen LogP contribution in [0.3, 0.4) is 0 Å². The first-order chi connectivity index (χ1) is 9.33. The van der Waals surface area contributed by atoms with Gasteiger partial charge in [0.05, 0.1) is 0 Å². The van der Waals surface area contributed by atoms with Gasteiger partial charge in [0.25, 0.3) is 0 Å². The molecule has 0 amide bonds. The van der Waals surface area contributed by atoms with Gasteiger partial charge in [-0.05, 0) is 62.5 Å². The van der Waals surface area contributed by atoms with Crippen LogP contribution in [0.15, 0.2) is 12.1 Å². The predicted octanol–water partition coefficient (Wildman–Crippen LogP) is 1.96. The van der Waals surface area contributed by atoms with E-state index >= 15 is 0 Å². The van der Waals surface area contributed by atoms with E-state index in [9.17, 15) is 0 Å². The topological polar surface area (TPSA) is 42.5 Å². The van der Waals surface area contributed by atoms with Crippen molar-refractivity contribution in [1.29, 1.82) is 0 Å². The molecule has 1 aromatic carbocycles. The Kier molecular flexibility index (Phi) is 3.89. The van der Waals surface area contributed by atoms with Crippen LogP contribution in [0.2, 0.25) is 0 Å². The molecule has 0 bridgehead atoms. The van der Waals surface area contributed by atoms with Crippen LogP contribution in [0, 0.1) is 6.92 Å². The molecule has 0 radical (unpaired) electrons. The summed E-state index contributed by atoms with van der Waals surface area (Å²) in [6.45, 7) is 5.61. The third kappa shape index (κ3) is 3.01. The Labute approximate surface area is 114 Å². The van der Waals surface area contributed by atoms with Gasteiger partial charge in [0.15, 0.2) is 11.5 Å². The molecule has 1 aromatic rings. The summed E-state index contributed by atoms with van der Waals surface area (Å²) in [5, 5.41) is 7.05. The lowest BCUT2D eigenvalue weighted by Crippen LogP contribution is -2.27. The van der Waals surface area contributed by atoms with Gasteiger partial charge < -0.3 is 20.1 Å². The SMILES string of the molecule is Cc1cc2c(cc1CNCCC1CCCN1)OCO2. The Balaban J connectivity index is 1.49. The standard InChI is InChI=1S/C15H22N2O2/c1-11-7-14-15(19-10-18-14)8-12(11)9-16-6-4-13-3-2-5-17-13/h7-8,13,16-17H,2-6,9-10H2,1H3. The number of hydrogen-bond donors (Lipinski definition) is 2. The van der Waals surface area contributed by atoms with Crippen LogP contribution in [-0.2, 0) is 6.54 Å². The molecule has 0 aromatic heterocycles. The number of aryl methyl sites for hydroxylation is 1. The third-order valence-corrected chi connectivity index (χ3v) is 3.98. The largest absolute Gasteiger partial charge is 0.454 e. The van der Waals surface area contributed by atoms with Crippen molar-refractivity contribution in [2.45, 2.75) is 38.8 Å². The summed E-state index contributed by atoms with van der Waals surface area (Å²) in [6, 6.07) is 4.88. The fraction of sp³-hybridized carbons (Fsp3) is 0.600. The van der Waals surface area contributed by atoms with E-state index in [1.54, 1.807) is 0 Å². The van der Waals surface area contributed by atoms with E-state index < -0.39 is 0 Å². The van der Waals surface area contributed by atoms with Gasteiger partial charge in [-0.2, -0.15) is 0 Å². The van der Waals surface area contributed by atoms with Crippen molar-refractivity contribution in [3.05, 3.63) is 23.3 Å². The Morgan fingerprint density at radius 1 is 1.32 bits per heavy atom. The maximum absolute atomic E-state index is 5.42. The second kappa shape index (κ2) is 5.80. The predicted molar refractivity (Wildman–Crippen MR) is 74.7 cm³/mol. The zero-order chi connectivity index (χ0) is 13.1. The first-order valence-electron chi connectivity index (χ1n) is 7.16. The molecule has 2 heterocycles. The van der Waals surface area contributed by atoms with E-state index in [1.165, 1.54) is 36.9 Å². The van der Waals surface area contributed by atoms with Crippen molar-refractivity contribution in [3.63, 3.8) is 0 Å². The van der Waals surface area contributed by atoms with Crippen LogP contribution in [-0.4, -0.2) is 25.9 Å². The highest BCUT2D eigenvalue weighted by Crippen LogP contribution is 2.34. The third-order valence-electron chi connectivity index (χ3n) is 3.98. The molecule has 2 aliphatic heterocycles. The van der Waals surface area contributed by atoms with Crippen molar-refractivity contribution in [3.8, 4) is 11.5 Å². The fourth-order valence-electron chi connectivity index (χ4n) is 2.78. The average Bonchev–Trinajstić information content (AvgIpc) is 3.05. The molecule has 2 aliphatic rings. The molecule has 104 valence electrons. The average molecular weight is 262 g/mol. The van der Waals surface area contributed by atoms with Crippen LogP contribution in [0.1, 0.15) is 30.4 Å². The maximum Gasteiger partial charge on any atom is 0.231 e. The van der Waals surface area contributed by atoms with Gasteiger partial charge in [-0.15, -0.1) is 0 Å². The number of benzene rings is 1. The lowest BCUT2D eigenvalue weighted by Gasteiger charge is -2.12. The molecule has 4 heteroatoms. The second-order valence-electron chi connectivity index (χ2n) is 5.39. The van der Waals surface area contributed by atoms with E-state index in [0.29, 0.717) is 12.8 Å². The number of rotatable bonds is 5. The molecular weight excluding hydrogens is 240 g/mol. The van der Waals surface area contributed by atoms with Crippen molar-refractivity contribution in [2.24, 2.45) is 0 Å². The minimum atomic E-state index is 0.346. The van der Waals surface area contributed by atoms with Crippen LogP contribution < -0.4 is 20.1 Å². The lowest BCUT2D eigenvalue weighted by molar-refractivity contribution is 0.174. The van der Waals surface area contributed by atoms with E-state index in [4.69, 9.17) is 9.47 Å². The zero-order valence-corrected chi connectivity index (χ0v) is 11.5. The molecule has 1 saturated heterocycles. The first kappa shape index (κ1) is 12.8. The Morgan fingerprint density at radius 3 is 2.95 bits per heavy atom. The monoisotopic (exact) mass is 262 g/mol. The summed E-state index contributed by atoms with van der Waals surface area (Å²) in [6.07, 6.45) is 3.86. The number of nitrogens with one attached hydrogen (secondary N) is 2. The molecule has 1 fully saturated rings. The van der Waals surface area contributed by atoms with Gasteiger partial charge in [0, 0.05) is 12.6 Å². The zero-order valence-electron chi connectivity index (χ0n) is 11.5. The fourth-order valence-corrected chi connectivity index (χ4v) is 2.78. The first-order valence-corrected chi connectivity index (χ1v) is 7.16. The summed E-state index contributed by atoms with van der Waals surface area (Å²) in [7, 11) is 0. The molecular formula is C15H22N2O2. The lowest BCUT2D eigenvalue weighted by atomic mass is 10.1. The van der Waals surface area contributed by atoms with Crippen LogP contribution in [0.4, 0.5) is 0 Å². The van der Waals surface area contributed by atoms with E-state index in [-0.39, 0.29) is 0 Å². The Morgan fingerprint density at radius 2 is 2.16 bits per heavy atom. The van der Waals surface area contributed by atoms with Gasteiger partial charge in [0.1, 0.15) is 0 Å². The number of hydrogen-bond acceptors (Lipinski definition) is 4. The normalized spacial score (nSPS) is 21.0. The summed E-state index contributed by atoms with van der Waals surface area (Å²) < 4.78 is 10.8. The Hall–Kier alpha value is -1.26. The molecule has 19 heavy (non-hydrogen) atoms. The van der Waals surface area contributed by atoms with Gasteiger partial charge in [-0.3, -0.25) is 0 Å². The van der Waals surface area contributed by atoms with Gasteiger partial charge in [-0.1, -0.05) is 0 Å². The van der Waals surface area contributed by atoms with Crippen molar-refractivity contribution in [2.75, 3.05) is 19.9 Å². The molecule has 0 spiro atoms. The number of fused-ring (bicyclic) bond motifs is 1. The Bertz CT molecular complexity index is 442. The minimum absolute atomic E-state index is 0.346. The second-order valence-corrected chi connectivity index (χ2v) is 5.39. The van der Waals surface area contributed by atoms with Gasteiger partial charge in [0.2, 0.25) is 6.79 Å². The molecule has 0 saturated carbocycles. The number of ether oxygens (including phenoxy) is 2. The van der Waals surface area contributed by atoms with Crippen molar-refractivity contribution in [1.82, 2.24) is 10.6 Å². The van der Waals surface area contributed by atoms with Gasteiger partial charge >= 0.3 is 0 Å². The molecule has 2 N–H and O–H groups in total. The molecule has 3 rings (SSSR count). The smallest absolute Gasteiger partial charge is 0.231 e. The van der Waals surface area contributed by atoms with Crippen LogP contribution >= 0.6 is 0 Å². The highest BCUT2D eigenvalue weighted by Gasteiger charge is 2.16. The summed E-state index contributed by atoms with van der Waals surface area (Å²) in [5.41, 5.74) is 2.55. The van der Waals surface area contributed by atoms with Crippen molar-refractivity contribution >= 4 is 0 Å². The van der Waals surface area contributed by atoms with Crippen LogP contribution in [0.5, 0.6) is 11.5 Å². The quantitative estimate of drug-likeness (QED) is 0.796. The summed E-state index contributed by atoms with van der Waals surface area (Å²) in [5.74, 6) is 1.75. The maximum atomic E-state index is 5.42. The van der Waals surface area contributed by atoms with E-state index in [0.717, 1.165) is 24.6 Å². The molecule has 1 unspecified atom stereocenters.